The number of quaternary nitrogens is 1. The van der Waals surface area contributed by atoms with Crippen LogP contribution in [0.4, 0.5) is 0 Å². The summed E-state index contributed by atoms with van der Waals surface area (Å²) in [5.74, 6) is -2.27. The summed E-state index contributed by atoms with van der Waals surface area (Å²) in [6.45, 7) is 4.68. The fourth-order valence-corrected chi connectivity index (χ4v) is 9.87. The molecule has 0 amide bonds. The Bertz CT molecular complexity index is 1640. The molecule has 0 saturated heterocycles. The van der Waals surface area contributed by atoms with Crippen molar-refractivity contribution in [1.82, 2.24) is 0 Å². The Morgan fingerprint density at radius 3 is 1.02 bits per heavy atom. The number of hydrogen-bond donors (Lipinski definition) is 0. The van der Waals surface area contributed by atoms with Gasteiger partial charge in [-0.2, -0.15) is 0 Å². The summed E-state index contributed by atoms with van der Waals surface area (Å²) < 4.78 is 22.8. The van der Waals surface area contributed by atoms with Crippen molar-refractivity contribution in [1.29, 1.82) is 0 Å². The Morgan fingerprint density at radius 2 is 0.687 bits per heavy atom. The second-order valence-corrected chi connectivity index (χ2v) is 24.4. The molecule has 0 saturated carbocycles. The first-order valence-electron chi connectivity index (χ1n) is 34.7. The minimum atomic E-state index is -1.62. The molecule has 2 atom stereocenters. The molecular formula is C74H131NO8. The minimum absolute atomic E-state index is 0.147. The number of carbonyl (C=O) groups is 3. The number of carbonyl (C=O) groups excluding carboxylic acids is 3. The van der Waals surface area contributed by atoms with Crippen LogP contribution in [-0.4, -0.2) is 82.3 Å². The number of unbranched alkanes of at least 4 members (excludes halogenated alkanes) is 35. The van der Waals surface area contributed by atoms with E-state index >= 15 is 0 Å². The third-order valence-corrected chi connectivity index (χ3v) is 15.2. The van der Waals surface area contributed by atoms with Gasteiger partial charge in [-0.3, -0.25) is 9.59 Å². The Labute approximate surface area is 512 Å². The first-order valence-corrected chi connectivity index (χ1v) is 34.7. The van der Waals surface area contributed by atoms with Gasteiger partial charge in [0, 0.05) is 12.8 Å². The number of likely N-dealkylation sites (N-methyl/N-ethyl adjacent to an activating group) is 1. The van der Waals surface area contributed by atoms with Crippen LogP contribution in [0.25, 0.3) is 0 Å². The summed E-state index contributed by atoms with van der Waals surface area (Å²) in [6.07, 6.45) is 83.7. The quantitative estimate of drug-likeness (QED) is 0.0195. The number of nitrogens with zero attached hydrogens (tertiary/aromatic N) is 1. The van der Waals surface area contributed by atoms with Crippen LogP contribution in [0.5, 0.6) is 0 Å². The maximum atomic E-state index is 12.9. The maximum Gasteiger partial charge on any atom is 0.306 e. The molecule has 0 fully saturated rings. The van der Waals surface area contributed by atoms with Gasteiger partial charge in [-0.1, -0.05) is 311 Å². The Kier molecular flexibility index (Phi) is 61.7. The standard InChI is InChI=1S/C74H131NO8/c1-6-8-10-12-14-16-18-20-22-24-26-28-30-31-32-33-34-35-36-37-38-39-40-41-43-45-47-49-51-53-55-57-59-61-63-65-72(77)83-70(69-82-74(73(78)79)80-67-66-75(3,4)5)68-81-71(76)64-62-60-58-56-54-52-50-48-46-44-42-29-27-25-23-21-19-17-15-13-11-9-7-2/h8,10,14,16,20,22,26,28,31-32,34-35,37-38,70,74H,6-7,9,11-13,15,17-19,21,23-25,27,29-30,33,36,39-69H2,1-5H3/b10-8-,16-14-,22-20-,28-26-,32-31-,35-34-,38-37-. The van der Waals surface area contributed by atoms with E-state index in [1.165, 1.54) is 193 Å². The number of hydrogen-bond acceptors (Lipinski definition) is 8. The Hall–Kier alpha value is -3.53. The van der Waals surface area contributed by atoms with E-state index in [1.54, 1.807) is 0 Å². The van der Waals surface area contributed by atoms with Crippen molar-refractivity contribution in [2.75, 3.05) is 47.5 Å². The topological polar surface area (TPSA) is 111 Å². The van der Waals surface area contributed by atoms with Crippen LogP contribution in [0.3, 0.4) is 0 Å². The number of aliphatic carboxylic acids is 1. The smallest absolute Gasteiger partial charge is 0.306 e. The van der Waals surface area contributed by atoms with Gasteiger partial charge in [0.25, 0.3) is 0 Å². The first-order chi connectivity index (χ1) is 40.6. The number of carboxylic acids is 1. The van der Waals surface area contributed by atoms with E-state index in [0.29, 0.717) is 23.9 Å². The average molecular weight is 1160 g/mol. The predicted molar refractivity (Wildman–Crippen MR) is 352 cm³/mol. The number of esters is 2. The summed E-state index contributed by atoms with van der Waals surface area (Å²) in [4.78, 5) is 37.5. The summed E-state index contributed by atoms with van der Waals surface area (Å²) in [6, 6.07) is 0. The molecule has 480 valence electrons. The molecule has 83 heavy (non-hydrogen) atoms. The fourth-order valence-electron chi connectivity index (χ4n) is 9.87. The van der Waals surface area contributed by atoms with Crippen molar-refractivity contribution >= 4 is 17.9 Å². The molecule has 0 rings (SSSR count). The predicted octanol–water partition coefficient (Wildman–Crippen LogP) is 20.1. The minimum Gasteiger partial charge on any atom is -0.545 e. The van der Waals surface area contributed by atoms with Gasteiger partial charge in [0.05, 0.1) is 40.3 Å². The molecule has 0 heterocycles. The van der Waals surface area contributed by atoms with Gasteiger partial charge in [0.1, 0.15) is 13.2 Å². The van der Waals surface area contributed by atoms with Gasteiger partial charge in [-0.25, -0.2) is 0 Å². The molecule has 0 spiro atoms. The summed E-state index contributed by atoms with van der Waals surface area (Å²) >= 11 is 0. The second kappa shape index (κ2) is 64.5. The third kappa shape index (κ3) is 65.9. The maximum absolute atomic E-state index is 12.9. The zero-order valence-electron chi connectivity index (χ0n) is 54.8. The normalized spacial score (nSPS) is 13.2. The van der Waals surface area contributed by atoms with Crippen LogP contribution in [0.15, 0.2) is 85.1 Å². The highest BCUT2D eigenvalue weighted by molar-refractivity contribution is 5.70. The molecule has 0 bridgehead atoms. The van der Waals surface area contributed by atoms with Gasteiger partial charge in [0.15, 0.2) is 12.4 Å². The van der Waals surface area contributed by atoms with Crippen LogP contribution >= 0.6 is 0 Å². The second-order valence-electron chi connectivity index (χ2n) is 24.4. The molecule has 9 nitrogen and oxygen atoms in total. The number of ether oxygens (including phenoxy) is 4. The van der Waals surface area contributed by atoms with E-state index in [9.17, 15) is 19.5 Å². The summed E-state index contributed by atoms with van der Waals surface area (Å²) in [5.41, 5.74) is 0. The van der Waals surface area contributed by atoms with Crippen LogP contribution in [-0.2, 0) is 33.3 Å². The van der Waals surface area contributed by atoms with E-state index in [0.717, 1.165) is 83.5 Å². The molecule has 0 radical (unpaired) electrons. The van der Waals surface area contributed by atoms with E-state index < -0.39 is 24.3 Å². The van der Waals surface area contributed by atoms with E-state index in [-0.39, 0.29) is 32.2 Å². The number of allylic oxidation sites excluding steroid dienone is 14. The lowest BCUT2D eigenvalue weighted by Gasteiger charge is -2.26. The zero-order valence-corrected chi connectivity index (χ0v) is 54.8. The summed E-state index contributed by atoms with van der Waals surface area (Å²) in [5, 5.41) is 11.8. The molecule has 0 aliphatic rings. The van der Waals surface area contributed by atoms with E-state index in [2.05, 4.69) is 98.9 Å². The average Bonchev–Trinajstić information content (AvgIpc) is 3.46. The van der Waals surface area contributed by atoms with E-state index in [1.807, 2.05) is 21.1 Å². The first kappa shape index (κ1) is 79.5. The van der Waals surface area contributed by atoms with Crippen molar-refractivity contribution < 1.29 is 42.9 Å². The van der Waals surface area contributed by atoms with Crippen molar-refractivity contribution in [2.45, 2.75) is 322 Å². The molecular weight excluding hydrogens is 1030 g/mol. The largest absolute Gasteiger partial charge is 0.545 e. The van der Waals surface area contributed by atoms with E-state index in [4.69, 9.17) is 18.9 Å². The van der Waals surface area contributed by atoms with Crippen LogP contribution < -0.4 is 5.11 Å². The molecule has 0 aliphatic carbocycles. The zero-order chi connectivity index (χ0) is 60.5. The van der Waals surface area contributed by atoms with Gasteiger partial charge in [-0.05, 0) is 70.6 Å². The van der Waals surface area contributed by atoms with Crippen molar-refractivity contribution in [3.8, 4) is 0 Å². The lowest BCUT2D eigenvalue weighted by Crippen LogP contribution is -2.44. The monoisotopic (exact) mass is 1160 g/mol. The Balaban J connectivity index is 4.11. The van der Waals surface area contributed by atoms with Crippen molar-refractivity contribution in [2.24, 2.45) is 0 Å². The highest BCUT2D eigenvalue weighted by atomic mass is 16.7. The fraction of sp³-hybridized carbons (Fsp3) is 0.770. The van der Waals surface area contributed by atoms with Crippen molar-refractivity contribution in [3.05, 3.63) is 85.1 Å². The SMILES string of the molecule is CC/C=C\C/C=C\C/C=C\C/C=C\C/C=C\C/C=C\C/C=C\CCCCCCCCCCCCCCCC(=O)OC(COC(=O)CCCCCCCCCCCCCCCCCCCCCCCCC)COC(OCC[N+](C)(C)C)C(=O)[O-]. The van der Waals surface area contributed by atoms with Crippen molar-refractivity contribution in [3.63, 3.8) is 0 Å². The van der Waals surface area contributed by atoms with Crippen LogP contribution in [0.1, 0.15) is 309 Å². The van der Waals surface area contributed by atoms with Gasteiger partial charge >= 0.3 is 11.9 Å². The Morgan fingerprint density at radius 1 is 0.373 bits per heavy atom. The summed E-state index contributed by atoms with van der Waals surface area (Å²) in [7, 11) is 5.93. The highest BCUT2D eigenvalue weighted by Crippen LogP contribution is 2.18. The number of carboxylic acid groups (broad SMARTS) is 1. The van der Waals surface area contributed by atoms with Gasteiger partial charge in [-0.15, -0.1) is 0 Å². The molecule has 0 N–H and O–H groups in total. The highest BCUT2D eigenvalue weighted by Gasteiger charge is 2.22. The van der Waals surface area contributed by atoms with Gasteiger partial charge in [0.2, 0.25) is 0 Å². The number of rotatable bonds is 64. The molecule has 0 aliphatic heterocycles. The molecule has 0 aromatic carbocycles. The van der Waals surface area contributed by atoms with Crippen LogP contribution in [0, 0.1) is 0 Å². The molecule has 0 aromatic heterocycles. The molecule has 0 aromatic rings. The van der Waals surface area contributed by atoms with Gasteiger partial charge < -0.3 is 33.3 Å². The molecule has 9 heteroatoms. The van der Waals surface area contributed by atoms with Crippen LogP contribution in [0.2, 0.25) is 0 Å². The lowest BCUT2D eigenvalue weighted by atomic mass is 10.0. The third-order valence-electron chi connectivity index (χ3n) is 15.2. The lowest BCUT2D eigenvalue weighted by molar-refractivity contribution is -0.870. The molecule has 2 unspecified atom stereocenters.